The van der Waals surface area contributed by atoms with E-state index in [4.69, 9.17) is 4.42 Å². The minimum atomic E-state index is -0.218. The van der Waals surface area contributed by atoms with Gasteiger partial charge in [0.1, 0.15) is 0 Å². The molecular formula is C23H35N3O2S. The molecule has 5 saturated carbocycles. The molecule has 5 fully saturated rings. The van der Waals surface area contributed by atoms with Gasteiger partial charge in [0.25, 0.3) is 5.22 Å². The monoisotopic (exact) mass is 417 g/mol. The number of amides is 1. The van der Waals surface area contributed by atoms with Crippen molar-refractivity contribution in [2.45, 2.75) is 100 Å². The van der Waals surface area contributed by atoms with Gasteiger partial charge in [-0.15, -0.1) is 10.2 Å². The van der Waals surface area contributed by atoms with Crippen LogP contribution < -0.4 is 5.32 Å². The van der Waals surface area contributed by atoms with Crippen LogP contribution in [-0.4, -0.2) is 27.4 Å². The van der Waals surface area contributed by atoms with Gasteiger partial charge in [0.05, 0.1) is 5.25 Å². The molecule has 6 heteroatoms. The second kappa shape index (κ2) is 7.58. The summed E-state index contributed by atoms with van der Waals surface area (Å²) in [6.07, 6.45) is 11.4. The Morgan fingerprint density at radius 3 is 2.41 bits per heavy atom. The Balaban J connectivity index is 1.22. The fourth-order valence-electron chi connectivity index (χ4n) is 7.13. The van der Waals surface area contributed by atoms with Crippen molar-refractivity contribution in [1.82, 2.24) is 15.5 Å². The molecule has 29 heavy (non-hydrogen) atoms. The molecule has 5 nitrogen and oxygen atoms in total. The highest BCUT2D eigenvalue weighted by atomic mass is 32.2. The molecule has 0 radical (unpaired) electrons. The van der Waals surface area contributed by atoms with Crippen molar-refractivity contribution in [3.8, 4) is 0 Å². The largest absolute Gasteiger partial charge is 0.415 e. The molecule has 1 aromatic rings. The van der Waals surface area contributed by atoms with Crippen LogP contribution in [0, 0.1) is 29.6 Å². The van der Waals surface area contributed by atoms with Crippen LogP contribution in [0.5, 0.6) is 0 Å². The number of hydrogen-bond donors (Lipinski definition) is 1. The average Bonchev–Trinajstić information content (AvgIpc) is 3.14. The topological polar surface area (TPSA) is 68.0 Å². The molecule has 1 amide bonds. The van der Waals surface area contributed by atoms with Crippen LogP contribution in [0.2, 0.25) is 0 Å². The zero-order valence-electron chi connectivity index (χ0n) is 18.0. The predicted octanol–water partition coefficient (Wildman–Crippen LogP) is 4.96. The zero-order valence-corrected chi connectivity index (χ0v) is 18.8. The summed E-state index contributed by atoms with van der Waals surface area (Å²) in [5, 5.41) is 12.4. The van der Waals surface area contributed by atoms with Gasteiger partial charge in [0, 0.05) is 11.5 Å². The van der Waals surface area contributed by atoms with Crippen molar-refractivity contribution in [1.29, 1.82) is 0 Å². The van der Waals surface area contributed by atoms with Gasteiger partial charge in [-0.2, -0.15) is 0 Å². The van der Waals surface area contributed by atoms with Crippen molar-refractivity contribution in [3.63, 3.8) is 0 Å². The lowest BCUT2D eigenvalue weighted by Gasteiger charge is -2.55. The second-order valence-electron chi connectivity index (χ2n) is 10.7. The number of nitrogens with zero attached hydrogens (tertiary/aromatic N) is 2. The summed E-state index contributed by atoms with van der Waals surface area (Å²) in [5.41, 5.74) is 0.125. The molecular weight excluding hydrogens is 382 g/mol. The Morgan fingerprint density at radius 2 is 1.76 bits per heavy atom. The standard InChI is InChI=1S/C23H35N3O2S/c1-13-5-4-6-19(14(13)2)24-20(27)15(3)29-22-26-25-21(28-22)23-10-16-7-17(11-23)9-18(8-16)12-23/h13-19H,4-12H2,1-3H3,(H,24,27)/t13-,14+,15+,16?,17?,18?,19-,23?/m0/s1. The fourth-order valence-corrected chi connectivity index (χ4v) is 7.83. The first-order chi connectivity index (χ1) is 13.9. The Morgan fingerprint density at radius 1 is 1.10 bits per heavy atom. The van der Waals surface area contributed by atoms with Crippen LogP contribution in [0.3, 0.4) is 0 Å². The minimum absolute atomic E-state index is 0.0931. The highest BCUT2D eigenvalue weighted by Crippen LogP contribution is 2.60. The molecule has 0 saturated heterocycles. The van der Waals surface area contributed by atoms with Gasteiger partial charge in [-0.25, -0.2) is 0 Å². The zero-order chi connectivity index (χ0) is 20.2. The van der Waals surface area contributed by atoms with E-state index in [0.717, 1.165) is 30.1 Å². The third kappa shape index (κ3) is 3.75. The summed E-state index contributed by atoms with van der Waals surface area (Å²) in [7, 11) is 0. The number of carbonyl (C=O) groups is 1. The fraction of sp³-hybridized carbons (Fsp3) is 0.870. The molecule has 160 valence electrons. The summed E-state index contributed by atoms with van der Waals surface area (Å²) >= 11 is 1.41. The molecule has 6 rings (SSSR count). The van der Waals surface area contributed by atoms with Crippen molar-refractivity contribution in [3.05, 3.63) is 5.89 Å². The molecule has 1 aromatic heterocycles. The van der Waals surface area contributed by atoms with E-state index >= 15 is 0 Å². The molecule has 1 N–H and O–H groups in total. The second-order valence-corrected chi connectivity index (χ2v) is 12.0. The van der Waals surface area contributed by atoms with Gasteiger partial charge < -0.3 is 9.73 Å². The lowest BCUT2D eigenvalue weighted by Crippen LogP contribution is -2.48. The first-order valence-corrected chi connectivity index (χ1v) is 12.6. The Kier molecular flexibility index (Phi) is 5.20. The van der Waals surface area contributed by atoms with Crippen molar-refractivity contribution < 1.29 is 9.21 Å². The summed E-state index contributed by atoms with van der Waals surface area (Å²) in [6.45, 7) is 6.51. The van der Waals surface area contributed by atoms with Crippen molar-refractivity contribution in [2.75, 3.05) is 0 Å². The third-order valence-electron chi connectivity index (χ3n) is 8.58. The SMILES string of the molecule is C[C@H]1[C@@H](NC(=O)[C@@H](C)Sc2nnc(C34CC5CC(CC(C5)C3)C4)o2)CCC[C@@H]1C. The maximum Gasteiger partial charge on any atom is 0.277 e. The lowest BCUT2D eigenvalue weighted by molar-refractivity contribution is -0.121. The number of aromatic nitrogens is 2. The molecule has 0 unspecified atom stereocenters. The van der Waals surface area contributed by atoms with E-state index in [1.165, 1.54) is 63.1 Å². The van der Waals surface area contributed by atoms with Crippen LogP contribution >= 0.6 is 11.8 Å². The van der Waals surface area contributed by atoms with Crippen molar-refractivity contribution in [2.24, 2.45) is 29.6 Å². The molecule has 4 bridgehead atoms. The predicted molar refractivity (Wildman–Crippen MR) is 114 cm³/mol. The van der Waals surface area contributed by atoms with Crippen LogP contribution in [0.4, 0.5) is 0 Å². The van der Waals surface area contributed by atoms with E-state index in [1.54, 1.807) is 0 Å². The Labute approximate surface area is 178 Å². The summed E-state index contributed by atoms with van der Waals surface area (Å²) in [5.74, 6) is 4.72. The highest BCUT2D eigenvalue weighted by molar-refractivity contribution is 8.00. The van der Waals surface area contributed by atoms with E-state index in [1.807, 2.05) is 6.92 Å². The quantitative estimate of drug-likeness (QED) is 0.686. The first-order valence-electron chi connectivity index (χ1n) is 11.7. The molecule has 0 aliphatic heterocycles. The van der Waals surface area contributed by atoms with Gasteiger partial charge in [-0.3, -0.25) is 4.79 Å². The van der Waals surface area contributed by atoms with Crippen molar-refractivity contribution >= 4 is 17.7 Å². The van der Waals surface area contributed by atoms with Crippen LogP contribution in [-0.2, 0) is 10.2 Å². The molecule has 0 spiro atoms. The van der Waals surface area contributed by atoms with Gasteiger partial charge in [-0.1, -0.05) is 38.5 Å². The summed E-state index contributed by atoms with van der Waals surface area (Å²) in [4.78, 5) is 12.8. The number of thioether (sulfide) groups is 1. The lowest BCUT2D eigenvalue weighted by atomic mass is 9.49. The summed E-state index contributed by atoms with van der Waals surface area (Å²) < 4.78 is 6.18. The van der Waals surface area contributed by atoms with Gasteiger partial charge in [0.15, 0.2) is 0 Å². The van der Waals surface area contributed by atoms with Gasteiger partial charge >= 0.3 is 0 Å². The van der Waals surface area contributed by atoms with Crippen LogP contribution in [0.15, 0.2) is 9.64 Å². The molecule has 5 aliphatic carbocycles. The van der Waals surface area contributed by atoms with E-state index in [2.05, 4.69) is 29.4 Å². The maximum atomic E-state index is 12.8. The van der Waals surface area contributed by atoms with E-state index in [0.29, 0.717) is 23.1 Å². The normalized spacial score (nSPS) is 42.0. The molecule has 0 aromatic carbocycles. The Hall–Kier alpha value is -1.04. The number of rotatable bonds is 5. The van der Waals surface area contributed by atoms with Crippen LogP contribution in [0.25, 0.3) is 0 Å². The van der Waals surface area contributed by atoms with Crippen LogP contribution in [0.1, 0.15) is 84.4 Å². The third-order valence-corrected chi connectivity index (χ3v) is 9.51. The van der Waals surface area contributed by atoms with E-state index < -0.39 is 0 Å². The number of nitrogens with one attached hydrogen (secondary N) is 1. The van der Waals surface area contributed by atoms with Gasteiger partial charge in [-0.05, 0) is 81.5 Å². The van der Waals surface area contributed by atoms with Gasteiger partial charge in [0.2, 0.25) is 11.8 Å². The molecule has 4 atom stereocenters. The minimum Gasteiger partial charge on any atom is -0.415 e. The Bertz CT molecular complexity index is 728. The maximum absolute atomic E-state index is 12.8. The smallest absolute Gasteiger partial charge is 0.277 e. The number of hydrogen-bond acceptors (Lipinski definition) is 5. The summed E-state index contributed by atoms with van der Waals surface area (Å²) in [6, 6.07) is 0.291. The highest BCUT2D eigenvalue weighted by Gasteiger charge is 2.54. The van der Waals surface area contributed by atoms with E-state index in [-0.39, 0.29) is 16.6 Å². The number of carbonyl (C=O) groups excluding carboxylic acids is 1. The molecule has 1 heterocycles. The molecule has 5 aliphatic rings. The average molecular weight is 418 g/mol. The first kappa shape index (κ1) is 19.9. The van der Waals surface area contributed by atoms with E-state index in [9.17, 15) is 4.79 Å².